The largest absolute Gasteiger partial charge is 0.495 e. The Kier molecular flexibility index (Phi) is 8.68. The molecule has 1 N–H and O–H groups in total. The van der Waals surface area contributed by atoms with Gasteiger partial charge in [0.1, 0.15) is 23.3 Å². The summed E-state index contributed by atoms with van der Waals surface area (Å²) in [5.41, 5.74) is 3.61. The summed E-state index contributed by atoms with van der Waals surface area (Å²) in [5, 5.41) is 17.0. The van der Waals surface area contributed by atoms with Gasteiger partial charge in [-0.25, -0.2) is 23.4 Å². The number of nitrogens with zero attached hydrogens (tertiary/aromatic N) is 6. The van der Waals surface area contributed by atoms with Crippen LogP contribution in [0, 0.1) is 20.8 Å². The van der Waals surface area contributed by atoms with Crippen LogP contribution in [-0.2, 0) is 20.3 Å². The summed E-state index contributed by atoms with van der Waals surface area (Å²) >= 11 is 0. The lowest BCUT2D eigenvalue weighted by Gasteiger charge is -2.23. The third-order valence-corrected chi connectivity index (χ3v) is 8.30. The van der Waals surface area contributed by atoms with E-state index in [2.05, 4.69) is 25.1 Å². The average molecular weight is 553 g/mol. The fourth-order valence-electron chi connectivity index (χ4n) is 4.21. The topological polar surface area (TPSA) is 142 Å². The van der Waals surface area contributed by atoms with Crippen LogP contribution in [0.15, 0.2) is 48.8 Å². The summed E-state index contributed by atoms with van der Waals surface area (Å²) in [7, 11) is -2.36. The number of aliphatic hydroxyl groups excluding tert-OH is 1. The Hall–Kier alpha value is -3.74. The van der Waals surface area contributed by atoms with Gasteiger partial charge in [-0.1, -0.05) is 18.2 Å². The number of hydrogen-bond donors (Lipinski definition) is 1. The first-order valence-corrected chi connectivity index (χ1v) is 14.1. The SMILES string of the molecule is COc1cccc(C)c1-n1c(CS(=O)(=O)[C@H](C)[C@@H](OCCO)c2ncc(C)cn2)nnc1-c1cccc(C)n1. The fourth-order valence-corrected chi connectivity index (χ4v) is 5.60. The van der Waals surface area contributed by atoms with Crippen molar-refractivity contribution in [3.8, 4) is 23.0 Å². The first kappa shape index (κ1) is 28.3. The first-order chi connectivity index (χ1) is 18.7. The molecule has 4 aromatic rings. The van der Waals surface area contributed by atoms with Crippen molar-refractivity contribution in [1.29, 1.82) is 0 Å². The predicted octanol–water partition coefficient (Wildman–Crippen LogP) is 3.11. The summed E-state index contributed by atoms with van der Waals surface area (Å²) in [5.74, 6) is 0.886. The maximum absolute atomic E-state index is 13.8. The van der Waals surface area contributed by atoms with Gasteiger partial charge in [-0.3, -0.25) is 4.57 Å². The number of ether oxygens (including phenoxy) is 2. The molecule has 39 heavy (non-hydrogen) atoms. The van der Waals surface area contributed by atoms with Crippen molar-refractivity contribution in [3.63, 3.8) is 0 Å². The van der Waals surface area contributed by atoms with Crippen LogP contribution in [0.4, 0.5) is 0 Å². The zero-order valence-corrected chi connectivity index (χ0v) is 23.4. The van der Waals surface area contributed by atoms with E-state index in [9.17, 15) is 13.5 Å². The minimum absolute atomic E-state index is 0.0679. The van der Waals surface area contributed by atoms with Gasteiger partial charge < -0.3 is 14.6 Å². The predicted molar refractivity (Wildman–Crippen MR) is 145 cm³/mol. The summed E-state index contributed by atoms with van der Waals surface area (Å²) in [4.78, 5) is 13.2. The highest BCUT2D eigenvalue weighted by Gasteiger charge is 2.35. The first-order valence-electron chi connectivity index (χ1n) is 12.4. The van der Waals surface area contributed by atoms with Crippen LogP contribution < -0.4 is 4.74 Å². The van der Waals surface area contributed by atoms with Crippen LogP contribution in [0.25, 0.3) is 17.2 Å². The normalized spacial score (nSPS) is 13.3. The van der Waals surface area contributed by atoms with Crippen molar-refractivity contribution < 1.29 is 23.0 Å². The number of rotatable bonds is 11. The van der Waals surface area contributed by atoms with Gasteiger partial charge in [-0.2, -0.15) is 0 Å². The highest BCUT2D eigenvalue weighted by molar-refractivity contribution is 7.91. The third kappa shape index (κ3) is 6.13. The number of aryl methyl sites for hydroxylation is 3. The quantitative estimate of drug-likeness (QED) is 0.295. The minimum Gasteiger partial charge on any atom is -0.495 e. The molecule has 0 amide bonds. The summed E-state index contributed by atoms with van der Waals surface area (Å²) < 4.78 is 40.7. The molecule has 0 aliphatic carbocycles. The average Bonchev–Trinajstić information content (AvgIpc) is 3.31. The monoisotopic (exact) mass is 552 g/mol. The molecule has 0 aliphatic heterocycles. The van der Waals surface area contributed by atoms with Gasteiger partial charge in [-0.05, 0) is 57.0 Å². The summed E-state index contributed by atoms with van der Waals surface area (Å²) in [6.07, 6.45) is 2.20. The molecule has 12 heteroatoms. The van der Waals surface area contributed by atoms with E-state index in [1.807, 2.05) is 45.0 Å². The molecule has 0 bridgehead atoms. The molecule has 206 valence electrons. The maximum Gasteiger partial charge on any atom is 0.187 e. The Bertz CT molecular complexity index is 1540. The van der Waals surface area contributed by atoms with Crippen molar-refractivity contribution >= 4 is 9.84 Å². The molecule has 0 radical (unpaired) electrons. The number of methoxy groups -OCH3 is 1. The van der Waals surface area contributed by atoms with Crippen LogP contribution in [0.1, 0.15) is 41.5 Å². The van der Waals surface area contributed by atoms with E-state index >= 15 is 0 Å². The lowest BCUT2D eigenvalue weighted by molar-refractivity contribution is 0.0226. The molecule has 0 saturated heterocycles. The van der Waals surface area contributed by atoms with Gasteiger partial charge in [0.05, 0.1) is 31.3 Å². The second-order valence-corrected chi connectivity index (χ2v) is 11.6. The molecule has 0 fully saturated rings. The Balaban J connectivity index is 1.81. The van der Waals surface area contributed by atoms with E-state index in [0.717, 1.165) is 16.8 Å². The molecule has 11 nitrogen and oxygen atoms in total. The molecule has 4 rings (SSSR count). The fraction of sp³-hybridized carbons (Fsp3) is 0.370. The van der Waals surface area contributed by atoms with Crippen LogP contribution in [-0.4, -0.2) is 68.8 Å². The lowest BCUT2D eigenvalue weighted by atomic mass is 10.1. The van der Waals surface area contributed by atoms with E-state index < -0.39 is 26.9 Å². The van der Waals surface area contributed by atoms with E-state index in [1.165, 1.54) is 0 Å². The zero-order valence-electron chi connectivity index (χ0n) is 22.6. The molecule has 3 heterocycles. The number of aromatic nitrogens is 6. The second-order valence-electron chi connectivity index (χ2n) is 9.21. The van der Waals surface area contributed by atoms with Crippen LogP contribution in [0.2, 0.25) is 0 Å². The Labute approximate surface area is 227 Å². The number of benzene rings is 1. The molecular formula is C27H32N6O5S. The third-order valence-electron chi connectivity index (χ3n) is 6.26. The number of sulfone groups is 1. The molecule has 0 saturated carbocycles. The van der Waals surface area contributed by atoms with Gasteiger partial charge in [0.2, 0.25) is 0 Å². The number of pyridine rings is 1. The summed E-state index contributed by atoms with van der Waals surface area (Å²) in [6, 6.07) is 11.1. The van der Waals surface area contributed by atoms with Gasteiger partial charge in [-0.15, -0.1) is 10.2 Å². The molecular weight excluding hydrogens is 520 g/mol. The number of para-hydroxylation sites is 1. The van der Waals surface area contributed by atoms with Crippen LogP contribution >= 0.6 is 0 Å². The highest BCUT2D eigenvalue weighted by atomic mass is 32.2. The van der Waals surface area contributed by atoms with E-state index in [0.29, 0.717) is 23.0 Å². The van der Waals surface area contributed by atoms with E-state index in [-0.39, 0.29) is 24.9 Å². The van der Waals surface area contributed by atoms with Gasteiger partial charge in [0.25, 0.3) is 0 Å². The van der Waals surface area contributed by atoms with Crippen LogP contribution in [0.5, 0.6) is 5.75 Å². The summed E-state index contributed by atoms with van der Waals surface area (Å²) in [6.45, 7) is 6.80. The van der Waals surface area contributed by atoms with Crippen molar-refractivity contribution in [2.75, 3.05) is 20.3 Å². The van der Waals surface area contributed by atoms with Crippen molar-refractivity contribution in [2.45, 2.75) is 44.8 Å². The molecule has 3 aromatic heterocycles. The van der Waals surface area contributed by atoms with Gasteiger partial charge in [0.15, 0.2) is 27.3 Å². The molecule has 0 spiro atoms. The second kappa shape index (κ2) is 12.0. The minimum atomic E-state index is -3.91. The van der Waals surface area contributed by atoms with Crippen molar-refractivity contribution in [1.82, 2.24) is 29.7 Å². The highest BCUT2D eigenvalue weighted by Crippen LogP contribution is 2.33. The number of hydrogen-bond acceptors (Lipinski definition) is 10. The van der Waals surface area contributed by atoms with Crippen molar-refractivity contribution in [2.24, 2.45) is 0 Å². The number of aliphatic hydroxyl groups is 1. The Morgan fingerprint density at radius 1 is 1.03 bits per heavy atom. The van der Waals surface area contributed by atoms with Crippen molar-refractivity contribution in [3.05, 3.63) is 77.3 Å². The smallest absolute Gasteiger partial charge is 0.187 e. The molecule has 2 atom stereocenters. The lowest BCUT2D eigenvalue weighted by Crippen LogP contribution is -2.31. The molecule has 0 aliphatic rings. The molecule has 0 unspecified atom stereocenters. The standard InChI is InChI=1S/C27H32N6O5S/c1-17-14-28-26(29-15-17)25(38-13-12-34)20(4)39(35,36)16-23-31-32-27(21-10-7-9-19(3)30-21)33(23)24-18(2)8-6-11-22(24)37-5/h6-11,14-15,20,25,34H,12-13,16H2,1-5H3/t20-,25-/m1/s1. The zero-order chi connectivity index (χ0) is 28.2. The Morgan fingerprint density at radius 2 is 1.74 bits per heavy atom. The van der Waals surface area contributed by atoms with E-state index in [4.69, 9.17) is 9.47 Å². The Morgan fingerprint density at radius 3 is 2.41 bits per heavy atom. The maximum atomic E-state index is 13.8. The molecule has 1 aromatic carbocycles. The van der Waals surface area contributed by atoms with Crippen LogP contribution in [0.3, 0.4) is 0 Å². The van der Waals surface area contributed by atoms with Gasteiger partial charge >= 0.3 is 0 Å². The van der Waals surface area contributed by atoms with E-state index in [1.54, 1.807) is 43.1 Å². The van der Waals surface area contributed by atoms with Gasteiger partial charge in [0, 0.05) is 18.1 Å².